The van der Waals surface area contributed by atoms with E-state index in [0.29, 0.717) is 19.7 Å². The lowest BCUT2D eigenvalue weighted by Gasteiger charge is -2.03. The molecule has 0 aliphatic rings. The van der Waals surface area contributed by atoms with E-state index in [1.165, 1.54) is 6.26 Å². The zero-order chi connectivity index (χ0) is 9.23. The first-order valence-electron chi connectivity index (χ1n) is 3.57. The van der Waals surface area contributed by atoms with Crippen LogP contribution < -0.4 is 5.32 Å². The third-order valence-corrected chi connectivity index (χ3v) is 1.17. The normalized spacial score (nSPS) is 8.58. The van der Waals surface area contributed by atoms with Crippen molar-refractivity contribution in [3.05, 3.63) is 12.8 Å². The average Bonchev–Trinajstić information content (AvgIpc) is 2.11. The van der Waals surface area contributed by atoms with Crippen LogP contribution in [-0.4, -0.2) is 19.7 Å². The van der Waals surface area contributed by atoms with Gasteiger partial charge in [0.15, 0.2) is 0 Å². The van der Waals surface area contributed by atoms with Crippen molar-refractivity contribution in [2.24, 2.45) is 5.92 Å². The first kappa shape index (κ1) is 10.5. The highest BCUT2D eigenvalue weighted by molar-refractivity contribution is 4.99. The molecule has 1 N–H and O–H groups in total. The van der Waals surface area contributed by atoms with E-state index in [1.54, 1.807) is 0 Å². The summed E-state index contributed by atoms with van der Waals surface area (Å²) in [6, 6.07) is 3.72. The predicted octanol–water partition coefficient (Wildman–Crippen LogP) is 0.399. The second kappa shape index (κ2) is 7.59. The van der Waals surface area contributed by atoms with E-state index in [2.05, 4.69) is 11.9 Å². The van der Waals surface area contributed by atoms with Crippen molar-refractivity contribution in [1.29, 1.82) is 10.5 Å². The zero-order valence-corrected chi connectivity index (χ0v) is 6.79. The molecule has 0 rings (SSSR count). The number of nitrogens with zero attached hydrogens (tertiary/aromatic N) is 2. The Morgan fingerprint density at radius 1 is 1.50 bits per heavy atom. The molecular weight excluding hydrogens is 154 g/mol. The molecule has 0 atom stereocenters. The topological polar surface area (TPSA) is 68.8 Å². The number of hydrogen-bond donors (Lipinski definition) is 1. The van der Waals surface area contributed by atoms with Gasteiger partial charge in [0.2, 0.25) is 0 Å². The highest BCUT2D eigenvalue weighted by atomic mass is 16.5. The van der Waals surface area contributed by atoms with Gasteiger partial charge in [-0.3, -0.25) is 0 Å². The molecular formula is C8H11N3O. The lowest BCUT2D eigenvalue weighted by molar-refractivity contribution is 0.250. The van der Waals surface area contributed by atoms with Crippen molar-refractivity contribution in [3.8, 4) is 12.1 Å². The molecule has 0 aromatic carbocycles. The van der Waals surface area contributed by atoms with Crippen molar-refractivity contribution in [2.75, 3.05) is 19.7 Å². The Hall–Kier alpha value is -1.52. The van der Waals surface area contributed by atoms with Crippen LogP contribution in [0.2, 0.25) is 0 Å². The lowest BCUT2D eigenvalue weighted by Crippen LogP contribution is -2.24. The number of hydrogen-bond acceptors (Lipinski definition) is 4. The summed E-state index contributed by atoms with van der Waals surface area (Å²) in [4.78, 5) is 0. The van der Waals surface area contributed by atoms with Gasteiger partial charge in [-0.2, -0.15) is 10.5 Å². The standard InChI is InChI=1S/C8H11N3O/c1-2-12-4-3-11-7-8(5-9)6-10/h2,8,11H,1,3-4,7H2. The van der Waals surface area contributed by atoms with E-state index in [1.807, 2.05) is 12.1 Å². The molecule has 0 amide bonds. The van der Waals surface area contributed by atoms with Crippen LogP contribution in [0.3, 0.4) is 0 Å². The smallest absolute Gasteiger partial charge is 0.145 e. The van der Waals surface area contributed by atoms with E-state index in [0.717, 1.165) is 0 Å². The van der Waals surface area contributed by atoms with Crippen LogP contribution in [0.4, 0.5) is 0 Å². The molecule has 0 saturated carbocycles. The van der Waals surface area contributed by atoms with Crippen molar-refractivity contribution < 1.29 is 4.74 Å². The molecule has 0 radical (unpaired) electrons. The third-order valence-electron chi connectivity index (χ3n) is 1.17. The summed E-state index contributed by atoms with van der Waals surface area (Å²) >= 11 is 0. The fourth-order valence-electron chi connectivity index (χ4n) is 0.581. The van der Waals surface area contributed by atoms with Gasteiger partial charge in [-0.05, 0) is 0 Å². The van der Waals surface area contributed by atoms with Crippen LogP contribution in [0.5, 0.6) is 0 Å². The Morgan fingerprint density at radius 2 is 2.17 bits per heavy atom. The first-order chi connectivity index (χ1) is 5.85. The van der Waals surface area contributed by atoms with Crippen LogP contribution in [0.1, 0.15) is 0 Å². The van der Waals surface area contributed by atoms with E-state index in [-0.39, 0.29) is 0 Å². The molecule has 0 spiro atoms. The Balaban J connectivity index is 3.26. The molecule has 0 aromatic heterocycles. The van der Waals surface area contributed by atoms with Gasteiger partial charge in [0.25, 0.3) is 0 Å². The largest absolute Gasteiger partial charge is 0.500 e. The van der Waals surface area contributed by atoms with E-state index in [4.69, 9.17) is 15.3 Å². The predicted molar refractivity (Wildman–Crippen MR) is 43.7 cm³/mol. The summed E-state index contributed by atoms with van der Waals surface area (Å²) < 4.78 is 4.82. The van der Waals surface area contributed by atoms with Gasteiger partial charge in [-0.15, -0.1) is 0 Å². The monoisotopic (exact) mass is 165 g/mol. The summed E-state index contributed by atoms with van der Waals surface area (Å²) in [5, 5.41) is 19.6. The fourth-order valence-corrected chi connectivity index (χ4v) is 0.581. The van der Waals surface area contributed by atoms with Crippen LogP contribution in [0.15, 0.2) is 12.8 Å². The quantitative estimate of drug-likeness (QED) is 0.457. The maximum absolute atomic E-state index is 8.37. The first-order valence-corrected chi connectivity index (χ1v) is 3.57. The van der Waals surface area contributed by atoms with Gasteiger partial charge in [-0.25, -0.2) is 0 Å². The second-order valence-electron chi connectivity index (χ2n) is 2.05. The van der Waals surface area contributed by atoms with Gasteiger partial charge < -0.3 is 10.1 Å². The van der Waals surface area contributed by atoms with E-state index >= 15 is 0 Å². The molecule has 4 heteroatoms. The molecule has 0 bridgehead atoms. The summed E-state index contributed by atoms with van der Waals surface area (Å²) in [7, 11) is 0. The summed E-state index contributed by atoms with van der Waals surface area (Å²) in [5.74, 6) is -0.575. The molecule has 0 fully saturated rings. The van der Waals surface area contributed by atoms with Crippen LogP contribution in [0.25, 0.3) is 0 Å². The zero-order valence-electron chi connectivity index (χ0n) is 6.79. The Bertz CT molecular complexity index is 187. The average molecular weight is 165 g/mol. The minimum atomic E-state index is -0.575. The summed E-state index contributed by atoms with van der Waals surface area (Å²) in [6.45, 7) is 4.88. The maximum atomic E-state index is 8.37. The van der Waals surface area contributed by atoms with Crippen LogP contribution >= 0.6 is 0 Å². The maximum Gasteiger partial charge on any atom is 0.145 e. The molecule has 0 unspecified atom stereocenters. The Morgan fingerprint density at radius 3 is 2.67 bits per heavy atom. The third kappa shape index (κ3) is 5.28. The molecule has 0 heterocycles. The number of rotatable bonds is 6. The fraction of sp³-hybridized carbons (Fsp3) is 0.500. The molecule has 12 heavy (non-hydrogen) atoms. The number of ether oxygens (including phenoxy) is 1. The minimum absolute atomic E-state index is 0.382. The highest BCUT2D eigenvalue weighted by Gasteiger charge is 2.02. The summed E-state index contributed by atoms with van der Waals surface area (Å²) in [6.07, 6.45) is 1.35. The van der Waals surface area contributed by atoms with Gasteiger partial charge in [-0.1, -0.05) is 6.58 Å². The van der Waals surface area contributed by atoms with Crippen molar-refractivity contribution >= 4 is 0 Å². The van der Waals surface area contributed by atoms with Gasteiger partial charge >= 0.3 is 0 Å². The van der Waals surface area contributed by atoms with E-state index < -0.39 is 5.92 Å². The Labute approximate surface area is 72.1 Å². The molecule has 0 aromatic rings. The lowest BCUT2D eigenvalue weighted by atomic mass is 10.2. The van der Waals surface area contributed by atoms with Gasteiger partial charge in [0.05, 0.1) is 25.0 Å². The summed E-state index contributed by atoms with van der Waals surface area (Å²) in [5.41, 5.74) is 0. The van der Waals surface area contributed by atoms with Gasteiger partial charge in [0.1, 0.15) is 5.92 Å². The van der Waals surface area contributed by atoms with Crippen molar-refractivity contribution in [2.45, 2.75) is 0 Å². The Kier molecular flexibility index (Phi) is 6.62. The van der Waals surface area contributed by atoms with Crippen LogP contribution in [0, 0.1) is 28.6 Å². The molecule has 0 aliphatic heterocycles. The molecule has 4 nitrogen and oxygen atoms in total. The van der Waals surface area contributed by atoms with E-state index in [9.17, 15) is 0 Å². The minimum Gasteiger partial charge on any atom is -0.500 e. The molecule has 0 saturated heterocycles. The molecule has 0 aliphatic carbocycles. The van der Waals surface area contributed by atoms with Crippen molar-refractivity contribution in [1.82, 2.24) is 5.32 Å². The van der Waals surface area contributed by atoms with Crippen molar-refractivity contribution in [3.63, 3.8) is 0 Å². The number of nitrogens with one attached hydrogen (secondary N) is 1. The number of nitriles is 2. The molecule has 64 valence electrons. The SMILES string of the molecule is C=COCCNCC(C#N)C#N. The second-order valence-corrected chi connectivity index (χ2v) is 2.05. The van der Waals surface area contributed by atoms with Crippen LogP contribution in [-0.2, 0) is 4.74 Å². The highest BCUT2D eigenvalue weighted by Crippen LogP contribution is 1.86. The van der Waals surface area contributed by atoms with Gasteiger partial charge in [0, 0.05) is 13.1 Å².